The Morgan fingerprint density at radius 1 is 1.29 bits per heavy atom. The Balaban J connectivity index is 1.49. The van der Waals surface area contributed by atoms with E-state index < -0.39 is 6.09 Å². The number of rotatable bonds is 5. The molecule has 2 N–H and O–H groups in total. The molecule has 3 aromatic rings. The topological polar surface area (TPSA) is 121 Å². The van der Waals surface area contributed by atoms with Gasteiger partial charge in [0.05, 0.1) is 23.4 Å². The molecule has 10 heteroatoms. The number of fused-ring (bicyclic) bond motifs is 2. The normalized spacial score (nSPS) is 18.2. The Kier molecular flexibility index (Phi) is 5.66. The van der Waals surface area contributed by atoms with E-state index in [0.717, 1.165) is 10.9 Å². The van der Waals surface area contributed by atoms with Gasteiger partial charge in [-0.05, 0) is 38.1 Å². The fourth-order valence-corrected chi connectivity index (χ4v) is 4.52. The van der Waals surface area contributed by atoms with Crippen molar-refractivity contribution >= 4 is 29.0 Å². The van der Waals surface area contributed by atoms with E-state index in [4.69, 9.17) is 9.47 Å². The number of carboxylic acid groups (broad SMARTS) is 1. The zero-order valence-corrected chi connectivity index (χ0v) is 18.9. The third-order valence-corrected chi connectivity index (χ3v) is 6.32. The van der Waals surface area contributed by atoms with Crippen LogP contribution in [0.15, 0.2) is 36.2 Å². The third-order valence-electron chi connectivity index (χ3n) is 6.32. The summed E-state index contributed by atoms with van der Waals surface area (Å²) in [6.07, 6.45) is 2.39. The lowest BCUT2D eigenvalue weighted by molar-refractivity contribution is 0.0875. The van der Waals surface area contributed by atoms with Crippen LogP contribution in [-0.2, 0) is 0 Å². The molecule has 0 radical (unpaired) electrons. The largest absolute Gasteiger partial charge is 0.493 e. The van der Waals surface area contributed by atoms with Crippen LogP contribution < -0.4 is 9.47 Å². The number of aromatic nitrogens is 3. The Morgan fingerprint density at radius 3 is 2.82 bits per heavy atom. The summed E-state index contributed by atoms with van der Waals surface area (Å²) < 4.78 is 12.1. The van der Waals surface area contributed by atoms with E-state index in [0.29, 0.717) is 61.2 Å². The average Bonchev–Trinajstić information content (AvgIpc) is 3.40. The number of benzene rings is 1. The van der Waals surface area contributed by atoms with Crippen LogP contribution in [0.2, 0.25) is 0 Å². The number of carbonyl (C=O) groups is 2. The molecule has 1 saturated heterocycles. The van der Waals surface area contributed by atoms with Gasteiger partial charge in [0.25, 0.3) is 0 Å². The van der Waals surface area contributed by atoms with Crippen LogP contribution in [0.3, 0.4) is 0 Å². The van der Waals surface area contributed by atoms with Gasteiger partial charge in [-0.25, -0.2) is 9.78 Å². The molecule has 1 atom stereocenters. The molecule has 0 aliphatic carbocycles. The van der Waals surface area contributed by atoms with Crippen LogP contribution in [0.1, 0.15) is 41.5 Å². The first-order chi connectivity index (χ1) is 16.5. The maximum atomic E-state index is 13.2. The summed E-state index contributed by atoms with van der Waals surface area (Å²) >= 11 is 0. The van der Waals surface area contributed by atoms with Gasteiger partial charge in [-0.3, -0.25) is 14.8 Å². The smallest absolute Gasteiger partial charge is 0.407 e. The van der Waals surface area contributed by atoms with E-state index in [2.05, 4.69) is 20.1 Å². The van der Waals surface area contributed by atoms with E-state index in [1.807, 2.05) is 26.0 Å². The number of piperazine rings is 1. The lowest BCUT2D eigenvalue weighted by Gasteiger charge is -2.37. The molecule has 0 saturated carbocycles. The number of ketones is 1. The molecular formula is C24H25N5O5. The summed E-state index contributed by atoms with van der Waals surface area (Å²) in [5, 5.41) is 17.2. The van der Waals surface area contributed by atoms with Crippen LogP contribution in [0.4, 0.5) is 4.79 Å². The lowest BCUT2D eigenvalue weighted by Crippen LogP contribution is -2.48. The number of aromatic amines is 1. The van der Waals surface area contributed by atoms with Gasteiger partial charge in [-0.2, -0.15) is 5.10 Å². The number of H-pyrrole nitrogens is 1. The van der Waals surface area contributed by atoms with Crippen molar-refractivity contribution in [2.75, 3.05) is 32.8 Å². The molecule has 1 amide bonds. The quantitative estimate of drug-likeness (QED) is 0.553. The van der Waals surface area contributed by atoms with E-state index in [1.165, 1.54) is 4.90 Å². The number of hydrogen-bond donors (Lipinski definition) is 2. The van der Waals surface area contributed by atoms with Crippen molar-refractivity contribution in [2.45, 2.75) is 19.9 Å². The van der Waals surface area contributed by atoms with Gasteiger partial charge in [0.1, 0.15) is 11.5 Å². The van der Waals surface area contributed by atoms with Gasteiger partial charge in [0, 0.05) is 49.9 Å². The van der Waals surface area contributed by atoms with Crippen molar-refractivity contribution in [3.8, 4) is 11.5 Å². The van der Waals surface area contributed by atoms with E-state index >= 15 is 0 Å². The van der Waals surface area contributed by atoms with E-state index in [1.54, 1.807) is 24.4 Å². The first-order valence-corrected chi connectivity index (χ1v) is 11.2. The molecule has 2 aromatic heterocycles. The SMILES string of the molecule is CCOc1ccc2c(c1C(C)N1CCN(C(=O)O)CC1)O/C(=C\c1n[nH]c3ncccc13)C2=O. The predicted molar refractivity (Wildman–Crippen MR) is 124 cm³/mol. The second-order valence-corrected chi connectivity index (χ2v) is 8.22. The molecule has 1 unspecified atom stereocenters. The van der Waals surface area contributed by atoms with Gasteiger partial charge in [-0.15, -0.1) is 0 Å². The minimum absolute atomic E-state index is 0.144. The standard InChI is InChI=1S/C24H25N5O5/c1-3-33-18-7-6-16-21(30)19(13-17-15-5-4-8-25-23(15)27-26-17)34-22(16)20(18)14(2)28-9-11-29(12-10-28)24(31)32/h4-8,13-14H,3,9-12H2,1-2H3,(H,31,32)(H,25,26,27)/b19-13-. The van der Waals surface area contributed by atoms with Gasteiger partial charge < -0.3 is 19.5 Å². The average molecular weight is 463 g/mol. The molecule has 1 fully saturated rings. The van der Waals surface area contributed by atoms with Crippen LogP contribution in [0.25, 0.3) is 17.1 Å². The second-order valence-electron chi connectivity index (χ2n) is 8.22. The first kappa shape index (κ1) is 21.9. The molecule has 0 spiro atoms. The lowest BCUT2D eigenvalue weighted by atomic mass is 9.99. The molecule has 4 heterocycles. The Hall–Kier alpha value is -3.92. The minimum atomic E-state index is -0.910. The summed E-state index contributed by atoms with van der Waals surface area (Å²) in [5.41, 5.74) is 2.46. The van der Waals surface area contributed by atoms with Crippen molar-refractivity contribution in [3.63, 3.8) is 0 Å². The number of pyridine rings is 1. The summed E-state index contributed by atoms with van der Waals surface area (Å²) in [4.78, 5) is 32.3. The molecule has 0 bridgehead atoms. The van der Waals surface area contributed by atoms with Crippen LogP contribution in [0.5, 0.6) is 11.5 Å². The molecule has 176 valence electrons. The Morgan fingerprint density at radius 2 is 2.09 bits per heavy atom. The maximum absolute atomic E-state index is 13.2. The number of carbonyl (C=O) groups excluding carboxylic acids is 1. The highest BCUT2D eigenvalue weighted by Gasteiger charge is 2.36. The number of amides is 1. The fraction of sp³-hybridized carbons (Fsp3) is 0.333. The van der Waals surface area contributed by atoms with Crippen molar-refractivity contribution in [1.29, 1.82) is 0 Å². The molecule has 2 aliphatic rings. The van der Waals surface area contributed by atoms with Crippen molar-refractivity contribution < 1.29 is 24.2 Å². The molecule has 1 aromatic carbocycles. The highest BCUT2D eigenvalue weighted by molar-refractivity contribution is 6.15. The fourth-order valence-electron chi connectivity index (χ4n) is 4.52. The molecule has 34 heavy (non-hydrogen) atoms. The minimum Gasteiger partial charge on any atom is -0.493 e. The van der Waals surface area contributed by atoms with Crippen molar-refractivity contribution in [2.24, 2.45) is 0 Å². The van der Waals surface area contributed by atoms with Crippen LogP contribution >= 0.6 is 0 Å². The number of Topliss-reactive ketones (excluding diaryl/α,β-unsaturated/α-hetero) is 1. The summed E-state index contributed by atoms with van der Waals surface area (Å²) in [7, 11) is 0. The van der Waals surface area contributed by atoms with Gasteiger partial charge in [0.2, 0.25) is 5.78 Å². The second kappa shape index (κ2) is 8.79. The number of allylic oxidation sites excluding steroid dienone is 1. The predicted octanol–water partition coefficient (Wildman–Crippen LogP) is 3.33. The maximum Gasteiger partial charge on any atom is 0.407 e. The molecule has 2 aliphatic heterocycles. The van der Waals surface area contributed by atoms with Gasteiger partial charge >= 0.3 is 6.09 Å². The van der Waals surface area contributed by atoms with E-state index in [-0.39, 0.29) is 17.6 Å². The number of hydrogen-bond acceptors (Lipinski definition) is 7. The summed E-state index contributed by atoms with van der Waals surface area (Å²) in [5.74, 6) is 1.10. The number of nitrogens with one attached hydrogen (secondary N) is 1. The Labute approximate surface area is 195 Å². The van der Waals surface area contributed by atoms with Crippen LogP contribution in [0, 0.1) is 0 Å². The molecule has 10 nitrogen and oxygen atoms in total. The number of nitrogens with zero attached hydrogens (tertiary/aromatic N) is 4. The Bertz CT molecular complexity index is 1290. The zero-order valence-electron chi connectivity index (χ0n) is 18.9. The zero-order chi connectivity index (χ0) is 23.8. The highest BCUT2D eigenvalue weighted by atomic mass is 16.5. The molecular weight excluding hydrogens is 438 g/mol. The van der Waals surface area contributed by atoms with Crippen molar-refractivity contribution in [3.05, 3.63) is 53.0 Å². The third kappa shape index (κ3) is 3.75. The number of ether oxygens (including phenoxy) is 2. The molecule has 5 rings (SSSR count). The highest BCUT2D eigenvalue weighted by Crippen LogP contribution is 2.45. The van der Waals surface area contributed by atoms with Gasteiger partial charge in [-0.1, -0.05) is 0 Å². The van der Waals surface area contributed by atoms with Crippen molar-refractivity contribution in [1.82, 2.24) is 25.0 Å². The monoisotopic (exact) mass is 463 g/mol. The van der Waals surface area contributed by atoms with Crippen LogP contribution in [-0.4, -0.2) is 74.8 Å². The first-order valence-electron chi connectivity index (χ1n) is 11.2. The van der Waals surface area contributed by atoms with Gasteiger partial charge in [0.15, 0.2) is 11.4 Å². The summed E-state index contributed by atoms with van der Waals surface area (Å²) in [6, 6.07) is 7.08. The summed E-state index contributed by atoms with van der Waals surface area (Å²) in [6.45, 7) is 6.39. The van der Waals surface area contributed by atoms with E-state index in [9.17, 15) is 14.7 Å².